The molecule has 8 bridgehead atoms. The van der Waals surface area contributed by atoms with E-state index in [4.69, 9.17) is 9.97 Å². The molecule has 1 aromatic heterocycles. The molecular weight excluding hydrogens is 388 g/mol. The summed E-state index contributed by atoms with van der Waals surface area (Å²) in [6.07, 6.45) is 16.7. The second-order valence-corrected chi connectivity index (χ2v) is 12.9. The molecule has 0 amide bonds. The van der Waals surface area contributed by atoms with Gasteiger partial charge in [0.15, 0.2) is 0 Å². The summed E-state index contributed by atoms with van der Waals surface area (Å²) in [5.74, 6) is 9.27. The van der Waals surface area contributed by atoms with Crippen molar-refractivity contribution in [1.29, 1.82) is 0 Å². The Bertz CT molecular complexity index is 901. The smallest absolute Gasteiger partial charge is 0.116 e. The van der Waals surface area contributed by atoms with Gasteiger partial charge in [-0.25, -0.2) is 9.97 Å². The first-order chi connectivity index (χ1) is 15.8. The minimum Gasteiger partial charge on any atom is -0.241 e. The van der Waals surface area contributed by atoms with Gasteiger partial charge >= 0.3 is 0 Å². The second kappa shape index (κ2) is 6.90. The number of benzene rings is 1. The van der Waals surface area contributed by atoms with Crippen LogP contribution in [0.2, 0.25) is 0 Å². The lowest BCUT2D eigenvalue weighted by Gasteiger charge is -2.54. The number of nitrogens with zero attached hydrogens (tertiary/aromatic N) is 2. The molecule has 8 aliphatic rings. The molecule has 2 aromatic rings. The number of rotatable bonds is 3. The van der Waals surface area contributed by atoms with E-state index in [0.29, 0.717) is 5.92 Å². The third-order valence-corrected chi connectivity index (χ3v) is 11.1. The molecule has 8 saturated carbocycles. The van der Waals surface area contributed by atoms with Gasteiger partial charge < -0.3 is 0 Å². The summed E-state index contributed by atoms with van der Waals surface area (Å²) in [5, 5.41) is 0. The van der Waals surface area contributed by atoms with E-state index in [1.165, 1.54) is 75.5 Å². The summed E-state index contributed by atoms with van der Waals surface area (Å²) in [6.45, 7) is 0. The molecule has 0 saturated heterocycles. The minimum absolute atomic E-state index is 0.692. The highest BCUT2D eigenvalue weighted by Crippen LogP contribution is 2.61. The molecule has 166 valence electrons. The normalized spacial score (nSPS) is 45.5. The average Bonchev–Trinajstić information content (AvgIpc) is 2.78. The van der Waals surface area contributed by atoms with E-state index in [1.54, 1.807) is 5.56 Å². The quantitative estimate of drug-likeness (QED) is 0.520. The molecule has 32 heavy (non-hydrogen) atoms. The summed E-state index contributed by atoms with van der Waals surface area (Å²) in [7, 11) is 0. The average molecular weight is 425 g/mol. The van der Waals surface area contributed by atoms with Gasteiger partial charge in [-0.1, -0.05) is 18.2 Å². The number of hydrogen-bond donors (Lipinski definition) is 0. The van der Waals surface area contributed by atoms with Gasteiger partial charge in [0.2, 0.25) is 0 Å². The van der Waals surface area contributed by atoms with Crippen LogP contribution in [0.4, 0.5) is 0 Å². The van der Waals surface area contributed by atoms with Gasteiger partial charge in [-0.05, 0) is 135 Å². The fourth-order valence-corrected chi connectivity index (χ4v) is 10.5. The van der Waals surface area contributed by atoms with Gasteiger partial charge in [0.1, 0.15) is 6.33 Å². The van der Waals surface area contributed by atoms with E-state index >= 15 is 0 Å². The Morgan fingerprint density at radius 2 is 1.12 bits per heavy atom. The first-order valence-electron chi connectivity index (χ1n) is 13.7. The van der Waals surface area contributed by atoms with Crippen molar-refractivity contribution in [2.75, 3.05) is 0 Å². The Kier molecular flexibility index (Phi) is 4.03. The number of aromatic nitrogens is 2. The third kappa shape index (κ3) is 2.83. The highest BCUT2D eigenvalue weighted by Gasteiger charge is 2.50. The van der Waals surface area contributed by atoms with Crippen LogP contribution < -0.4 is 0 Å². The van der Waals surface area contributed by atoms with E-state index in [-0.39, 0.29) is 0 Å². The van der Waals surface area contributed by atoms with E-state index in [0.717, 1.165) is 59.0 Å². The lowest BCUT2D eigenvalue weighted by Crippen LogP contribution is -2.44. The first-order valence-corrected chi connectivity index (χ1v) is 13.7. The molecule has 10 rings (SSSR count). The topological polar surface area (TPSA) is 25.8 Å². The SMILES string of the molecule is c1cc(-c2cc(C3C4CC5CC(C4)CC3C5)ncn2)cc(C2C3CC4CC(C3)CC2C4)c1. The molecular formula is C30H36N2. The monoisotopic (exact) mass is 424 g/mol. The molecule has 8 aliphatic carbocycles. The zero-order valence-electron chi connectivity index (χ0n) is 19.2. The molecule has 0 radical (unpaired) electrons. The van der Waals surface area contributed by atoms with Crippen LogP contribution in [0.1, 0.15) is 87.3 Å². The summed E-state index contributed by atoms with van der Waals surface area (Å²) < 4.78 is 0. The Balaban J connectivity index is 1.11. The molecule has 2 nitrogen and oxygen atoms in total. The second-order valence-electron chi connectivity index (χ2n) is 12.9. The van der Waals surface area contributed by atoms with Crippen LogP contribution >= 0.6 is 0 Å². The van der Waals surface area contributed by atoms with Crippen LogP contribution in [0.5, 0.6) is 0 Å². The minimum atomic E-state index is 0.692. The Labute approximate surface area is 192 Å². The molecule has 0 aliphatic heterocycles. The standard InChI is InChI=1S/C30H36N2/c1-2-21(14-22(3-1)29-23-6-17-4-18(8-23)9-24(29)7-17)27-15-28(32-16-31-27)30-25-10-19-5-20(12-25)13-26(30)11-19/h1-3,14-20,23-26,29-30H,4-13H2. The lowest BCUT2D eigenvalue weighted by molar-refractivity contribution is -0.00418. The molecule has 0 N–H and O–H groups in total. The van der Waals surface area contributed by atoms with Gasteiger partial charge in [0, 0.05) is 17.2 Å². The molecule has 0 unspecified atom stereocenters. The van der Waals surface area contributed by atoms with Crippen LogP contribution in [-0.2, 0) is 0 Å². The van der Waals surface area contributed by atoms with Gasteiger partial charge in [-0.2, -0.15) is 0 Å². The van der Waals surface area contributed by atoms with Crippen molar-refractivity contribution in [3.63, 3.8) is 0 Å². The Hall–Kier alpha value is -1.70. The molecule has 2 heteroatoms. The van der Waals surface area contributed by atoms with Crippen molar-refractivity contribution in [3.8, 4) is 11.3 Å². The molecule has 0 atom stereocenters. The van der Waals surface area contributed by atoms with Gasteiger partial charge in [-0.3, -0.25) is 0 Å². The summed E-state index contributed by atoms with van der Waals surface area (Å²) >= 11 is 0. The van der Waals surface area contributed by atoms with E-state index in [1.807, 2.05) is 6.33 Å². The van der Waals surface area contributed by atoms with Crippen molar-refractivity contribution < 1.29 is 0 Å². The molecule has 8 fully saturated rings. The van der Waals surface area contributed by atoms with Crippen LogP contribution in [-0.4, -0.2) is 9.97 Å². The van der Waals surface area contributed by atoms with Crippen LogP contribution in [0.25, 0.3) is 11.3 Å². The highest BCUT2D eigenvalue weighted by atomic mass is 14.8. The van der Waals surface area contributed by atoms with E-state index in [2.05, 4.69) is 30.3 Å². The predicted octanol–water partition coefficient (Wildman–Crippen LogP) is 7.22. The van der Waals surface area contributed by atoms with Crippen LogP contribution in [0, 0.1) is 47.3 Å². The summed E-state index contributed by atoms with van der Waals surface area (Å²) in [6, 6.07) is 11.9. The zero-order chi connectivity index (χ0) is 20.8. The van der Waals surface area contributed by atoms with Gasteiger partial charge in [-0.15, -0.1) is 0 Å². The van der Waals surface area contributed by atoms with Crippen molar-refractivity contribution in [3.05, 3.63) is 47.9 Å². The third-order valence-electron chi connectivity index (χ3n) is 11.1. The van der Waals surface area contributed by atoms with E-state index in [9.17, 15) is 0 Å². The maximum absolute atomic E-state index is 4.87. The fourth-order valence-electron chi connectivity index (χ4n) is 10.5. The van der Waals surface area contributed by atoms with Crippen LogP contribution in [0.3, 0.4) is 0 Å². The van der Waals surface area contributed by atoms with Gasteiger partial charge in [0.05, 0.1) is 5.69 Å². The van der Waals surface area contributed by atoms with Crippen molar-refractivity contribution in [2.45, 2.75) is 76.0 Å². The largest absolute Gasteiger partial charge is 0.241 e. The first kappa shape index (κ1) is 18.7. The van der Waals surface area contributed by atoms with Gasteiger partial charge in [0.25, 0.3) is 0 Å². The Morgan fingerprint density at radius 3 is 1.72 bits per heavy atom. The molecule has 0 spiro atoms. The fraction of sp³-hybridized carbons (Fsp3) is 0.667. The predicted molar refractivity (Wildman–Crippen MR) is 127 cm³/mol. The molecule has 1 aromatic carbocycles. The van der Waals surface area contributed by atoms with Crippen molar-refractivity contribution in [1.82, 2.24) is 9.97 Å². The van der Waals surface area contributed by atoms with Crippen LogP contribution in [0.15, 0.2) is 36.7 Å². The van der Waals surface area contributed by atoms with Crippen molar-refractivity contribution >= 4 is 0 Å². The van der Waals surface area contributed by atoms with Crippen molar-refractivity contribution in [2.24, 2.45) is 47.3 Å². The maximum atomic E-state index is 4.87. The number of hydrogen-bond acceptors (Lipinski definition) is 2. The lowest BCUT2D eigenvalue weighted by atomic mass is 9.50. The Morgan fingerprint density at radius 1 is 0.562 bits per heavy atom. The summed E-state index contributed by atoms with van der Waals surface area (Å²) in [5.41, 5.74) is 5.44. The maximum Gasteiger partial charge on any atom is 0.116 e. The highest BCUT2D eigenvalue weighted by molar-refractivity contribution is 5.60. The summed E-state index contributed by atoms with van der Waals surface area (Å²) in [4.78, 5) is 9.66. The zero-order valence-corrected chi connectivity index (χ0v) is 19.2. The molecule has 1 heterocycles. The van der Waals surface area contributed by atoms with E-state index < -0.39 is 0 Å².